The molecule has 0 spiro atoms. The number of piperazine rings is 1. The molecule has 0 saturated carbocycles. The Morgan fingerprint density at radius 3 is 2.52 bits per heavy atom. The normalized spacial score (nSPS) is 15.9. The van der Waals surface area contributed by atoms with Crippen LogP contribution in [0.5, 0.6) is 0 Å². The Kier molecular flexibility index (Phi) is 8.03. The molecule has 156 valence electrons. The second kappa shape index (κ2) is 10.7. The molecule has 1 saturated heterocycles. The van der Waals surface area contributed by atoms with Crippen molar-refractivity contribution in [2.24, 2.45) is 0 Å². The molecule has 0 radical (unpaired) electrons. The number of benzene rings is 1. The third-order valence-electron chi connectivity index (χ3n) is 4.96. The Hall–Kier alpha value is -1.96. The minimum absolute atomic E-state index is 0.0231. The summed E-state index contributed by atoms with van der Waals surface area (Å²) in [5.41, 5.74) is 1.21. The fourth-order valence-electron chi connectivity index (χ4n) is 3.32. The second-order valence-corrected chi connectivity index (χ2v) is 8.43. The van der Waals surface area contributed by atoms with Crippen LogP contribution in [-0.4, -0.2) is 65.8 Å². The SMILES string of the molecule is CSCC[C@H](NC(=O)c1ccco1)C(=O)N1CCN(Cc2ccc(Cl)cc2)CC1. The molecule has 0 unspecified atom stereocenters. The lowest BCUT2D eigenvalue weighted by atomic mass is 10.1. The van der Waals surface area contributed by atoms with E-state index in [1.54, 1.807) is 23.9 Å². The highest BCUT2D eigenvalue weighted by Gasteiger charge is 2.29. The van der Waals surface area contributed by atoms with Gasteiger partial charge >= 0.3 is 0 Å². The van der Waals surface area contributed by atoms with Gasteiger partial charge in [0.25, 0.3) is 5.91 Å². The first-order valence-corrected chi connectivity index (χ1v) is 11.4. The predicted molar refractivity (Wildman–Crippen MR) is 116 cm³/mol. The van der Waals surface area contributed by atoms with E-state index in [2.05, 4.69) is 10.2 Å². The van der Waals surface area contributed by atoms with Gasteiger partial charge in [0.05, 0.1) is 6.26 Å². The zero-order valence-electron chi connectivity index (χ0n) is 16.5. The predicted octanol–water partition coefficient (Wildman–Crippen LogP) is 3.13. The van der Waals surface area contributed by atoms with E-state index < -0.39 is 6.04 Å². The molecule has 1 aromatic heterocycles. The van der Waals surface area contributed by atoms with Crippen LogP contribution in [0.2, 0.25) is 5.02 Å². The molecule has 0 aliphatic carbocycles. The fraction of sp³-hybridized carbons (Fsp3) is 0.429. The molecule has 8 heteroatoms. The number of nitrogens with one attached hydrogen (secondary N) is 1. The lowest BCUT2D eigenvalue weighted by Crippen LogP contribution is -2.54. The fourth-order valence-corrected chi connectivity index (χ4v) is 3.92. The highest BCUT2D eigenvalue weighted by Crippen LogP contribution is 2.14. The van der Waals surface area contributed by atoms with Crippen molar-refractivity contribution >= 4 is 35.2 Å². The van der Waals surface area contributed by atoms with E-state index in [0.29, 0.717) is 19.5 Å². The molecule has 1 N–H and O–H groups in total. The van der Waals surface area contributed by atoms with Gasteiger partial charge in [-0.25, -0.2) is 0 Å². The van der Waals surface area contributed by atoms with Gasteiger partial charge in [0, 0.05) is 37.7 Å². The molecule has 1 aliphatic rings. The first-order valence-electron chi connectivity index (χ1n) is 9.65. The van der Waals surface area contributed by atoms with Crippen LogP contribution in [0.15, 0.2) is 47.1 Å². The summed E-state index contributed by atoms with van der Waals surface area (Å²) in [6.07, 6.45) is 4.04. The van der Waals surface area contributed by atoms with Crippen molar-refractivity contribution < 1.29 is 14.0 Å². The highest BCUT2D eigenvalue weighted by atomic mass is 35.5. The molecule has 3 rings (SSSR count). The van der Waals surface area contributed by atoms with Crippen LogP contribution in [0.1, 0.15) is 22.5 Å². The zero-order chi connectivity index (χ0) is 20.6. The monoisotopic (exact) mass is 435 g/mol. The molecule has 1 atom stereocenters. The smallest absolute Gasteiger partial charge is 0.287 e. The quantitative estimate of drug-likeness (QED) is 0.690. The van der Waals surface area contributed by atoms with Crippen LogP contribution in [0.3, 0.4) is 0 Å². The number of halogens is 1. The number of carbonyl (C=O) groups is 2. The van der Waals surface area contributed by atoms with Crippen LogP contribution >= 0.6 is 23.4 Å². The van der Waals surface area contributed by atoms with E-state index >= 15 is 0 Å². The van der Waals surface area contributed by atoms with Gasteiger partial charge in [-0.1, -0.05) is 23.7 Å². The van der Waals surface area contributed by atoms with Gasteiger partial charge in [-0.15, -0.1) is 0 Å². The number of thioether (sulfide) groups is 1. The van der Waals surface area contributed by atoms with Gasteiger partial charge in [-0.3, -0.25) is 14.5 Å². The summed E-state index contributed by atoms with van der Waals surface area (Å²) in [5.74, 6) is 0.645. The van der Waals surface area contributed by atoms with E-state index in [1.807, 2.05) is 35.4 Å². The van der Waals surface area contributed by atoms with Gasteiger partial charge in [-0.05, 0) is 48.3 Å². The molecule has 1 aliphatic heterocycles. The van der Waals surface area contributed by atoms with E-state index in [4.69, 9.17) is 16.0 Å². The molecule has 2 amide bonds. The molecule has 2 heterocycles. The van der Waals surface area contributed by atoms with Crippen molar-refractivity contribution in [1.82, 2.24) is 15.1 Å². The minimum atomic E-state index is -0.539. The highest BCUT2D eigenvalue weighted by molar-refractivity contribution is 7.98. The minimum Gasteiger partial charge on any atom is -0.459 e. The summed E-state index contributed by atoms with van der Waals surface area (Å²) in [5, 5.41) is 3.58. The van der Waals surface area contributed by atoms with Gasteiger partial charge in [0.1, 0.15) is 6.04 Å². The first kappa shape index (κ1) is 21.7. The maximum atomic E-state index is 13.0. The van der Waals surface area contributed by atoms with Gasteiger partial charge < -0.3 is 14.6 Å². The summed E-state index contributed by atoms with van der Waals surface area (Å²) in [6.45, 7) is 3.74. The van der Waals surface area contributed by atoms with E-state index in [9.17, 15) is 9.59 Å². The summed E-state index contributed by atoms with van der Waals surface area (Å²) in [6, 6.07) is 10.6. The van der Waals surface area contributed by atoms with E-state index in [1.165, 1.54) is 11.8 Å². The van der Waals surface area contributed by atoms with Gasteiger partial charge in [0.2, 0.25) is 5.91 Å². The summed E-state index contributed by atoms with van der Waals surface area (Å²) in [7, 11) is 0. The average Bonchev–Trinajstić information content (AvgIpc) is 3.28. The lowest BCUT2D eigenvalue weighted by Gasteiger charge is -2.36. The van der Waals surface area contributed by atoms with Gasteiger partial charge in [0.15, 0.2) is 5.76 Å². The largest absolute Gasteiger partial charge is 0.459 e. The average molecular weight is 436 g/mol. The number of carbonyl (C=O) groups excluding carboxylic acids is 2. The Morgan fingerprint density at radius 2 is 1.90 bits per heavy atom. The van der Waals surface area contributed by atoms with E-state index in [-0.39, 0.29) is 17.6 Å². The Bertz CT molecular complexity index is 790. The number of rotatable bonds is 8. The molecule has 0 bridgehead atoms. The lowest BCUT2D eigenvalue weighted by molar-refractivity contribution is -0.135. The van der Waals surface area contributed by atoms with Crippen molar-refractivity contribution in [1.29, 1.82) is 0 Å². The molecular formula is C21H26ClN3O3S. The molecule has 1 fully saturated rings. The molecular weight excluding hydrogens is 410 g/mol. The summed E-state index contributed by atoms with van der Waals surface area (Å²) >= 11 is 7.61. The van der Waals surface area contributed by atoms with Gasteiger partial charge in [-0.2, -0.15) is 11.8 Å². The number of amides is 2. The number of nitrogens with zero attached hydrogens (tertiary/aromatic N) is 2. The molecule has 1 aromatic carbocycles. The topological polar surface area (TPSA) is 65.8 Å². The first-order chi connectivity index (χ1) is 14.1. The maximum Gasteiger partial charge on any atom is 0.287 e. The Labute approximate surface area is 180 Å². The van der Waals surface area contributed by atoms with Crippen molar-refractivity contribution in [3.05, 3.63) is 59.0 Å². The second-order valence-electron chi connectivity index (χ2n) is 7.01. The van der Waals surface area contributed by atoms with Crippen molar-refractivity contribution in [2.75, 3.05) is 38.2 Å². The number of hydrogen-bond donors (Lipinski definition) is 1. The molecule has 2 aromatic rings. The number of hydrogen-bond acceptors (Lipinski definition) is 5. The standard InChI is InChI=1S/C21H26ClN3O3S/c1-29-14-8-18(23-20(26)19-3-2-13-28-19)21(27)25-11-9-24(10-12-25)15-16-4-6-17(22)7-5-16/h2-7,13,18H,8-12,14-15H2,1H3,(H,23,26)/t18-/m0/s1. The summed E-state index contributed by atoms with van der Waals surface area (Å²) < 4.78 is 5.15. The summed E-state index contributed by atoms with van der Waals surface area (Å²) in [4.78, 5) is 29.6. The van der Waals surface area contributed by atoms with Crippen molar-refractivity contribution in [3.8, 4) is 0 Å². The van der Waals surface area contributed by atoms with Crippen molar-refractivity contribution in [3.63, 3.8) is 0 Å². The van der Waals surface area contributed by atoms with Crippen LogP contribution in [0.25, 0.3) is 0 Å². The van der Waals surface area contributed by atoms with Crippen LogP contribution in [0.4, 0.5) is 0 Å². The van der Waals surface area contributed by atoms with Crippen LogP contribution in [0, 0.1) is 0 Å². The Morgan fingerprint density at radius 1 is 1.17 bits per heavy atom. The Balaban J connectivity index is 1.54. The molecule has 6 nitrogen and oxygen atoms in total. The zero-order valence-corrected chi connectivity index (χ0v) is 18.0. The number of furan rings is 1. The van der Waals surface area contributed by atoms with Crippen LogP contribution < -0.4 is 5.32 Å². The maximum absolute atomic E-state index is 13.0. The van der Waals surface area contributed by atoms with Crippen LogP contribution in [-0.2, 0) is 11.3 Å². The third-order valence-corrected chi connectivity index (χ3v) is 5.86. The molecule has 29 heavy (non-hydrogen) atoms. The third kappa shape index (κ3) is 6.26. The van der Waals surface area contributed by atoms with E-state index in [0.717, 1.165) is 30.4 Å². The van der Waals surface area contributed by atoms with Crippen molar-refractivity contribution in [2.45, 2.75) is 19.0 Å².